The summed E-state index contributed by atoms with van der Waals surface area (Å²) in [4.78, 5) is 2.53. The van der Waals surface area contributed by atoms with Crippen LogP contribution in [0.25, 0.3) is 0 Å². The van der Waals surface area contributed by atoms with Crippen molar-refractivity contribution < 1.29 is 0 Å². The number of nitrogens with two attached hydrogens (primary N) is 1. The molecule has 0 unspecified atom stereocenters. The summed E-state index contributed by atoms with van der Waals surface area (Å²) in [5, 5.41) is 3.24. The molecule has 1 fully saturated rings. The number of benzene rings is 1. The molecule has 3 N–H and O–H groups in total. The van der Waals surface area contributed by atoms with E-state index in [4.69, 9.17) is 18.0 Å². The minimum Gasteiger partial charge on any atom is -0.376 e. The molecule has 2 rings (SSSR count). The molecular weight excluding hydrogens is 230 g/mol. The Morgan fingerprint density at radius 2 is 1.88 bits per heavy atom. The summed E-state index contributed by atoms with van der Waals surface area (Å²) < 4.78 is 0. The van der Waals surface area contributed by atoms with Gasteiger partial charge in [0.15, 0.2) is 5.11 Å². The first kappa shape index (κ1) is 12.3. The highest BCUT2D eigenvalue weighted by atomic mass is 32.1. The number of rotatable bonds is 4. The second-order valence-corrected chi connectivity index (χ2v) is 4.92. The molecule has 0 amide bonds. The Morgan fingerprint density at radius 3 is 2.47 bits per heavy atom. The van der Waals surface area contributed by atoms with Crippen LogP contribution >= 0.6 is 12.2 Å². The lowest BCUT2D eigenvalue weighted by Crippen LogP contribution is -2.22. The largest absolute Gasteiger partial charge is 0.376 e. The molecule has 1 aliphatic heterocycles. The molecule has 4 heteroatoms. The van der Waals surface area contributed by atoms with E-state index in [1.807, 2.05) is 12.1 Å². The number of nitrogens with one attached hydrogen (secondary N) is 1. The van der Waals surface area contributed by atoms with Crippen LogP contribution in [-0.4, -0.2) is 29.6 Å². The fraction of sp³-hybridized carbons (Fsp3) is 0.462. The molecule has 0 aromatic heterocycles. The van der Waals surface area contributed by atoms with Gasteiger partial charge >= 0.3 is 0 Å². The van der Waals surface area contributed by atoms with E-state index in [1.165, 1.54) is 38.0 Å². The molecule has 0 radical (unpaired) electrons. The average molecular weight is 249 g/mol. The van der Waals surface area contributed by atoms with Crippen molar-refractivity contribution >= 4 is 23.0 Å². The van der Waals surface area contributed by atoms with Gasteiger partial charge in [0.05, 0.1) is 0 Å². The van der Waals surface area contributed by atoms with Gasteiger partial charge in [-0.1, -0.05) is 12.1 Å². The highest BCUT2D eigenvalue weighted by Crippen LogP contribution is 2.12. The first-order valence-electron chi connectivity index (χ1n) is 6.12. The van der Waals surface area contributed by atoms with Crippen molar-refractivity contribution in [1.82, 2.24) is 4.90 Å². The van der Waals surface area contributed by atoms with Crippen molar-refractivity contribution in [2.24, 2.45) is 5.73 Å². The van der Waals surface area contributed by atoms with Gasteiger partial charge in [0.25, 0.3) is 0 Å². The monoisotopic (exact) mass is 249 g/mol. The Bertz CT molecular complexity index is 369. The predicted molar refractivity (Wildman–Crippen MR) is 76.2 cm³/mol. The van der Waals surface area contributed by atoms with Crippen molar-refractivity contribution in [3.8, 4) is 0 Å². The third-order valence-electron chi connectivity index (χ3n) is 3.14. The number of anilines is 1. The molecule has 1 saturated heterocycles. The summed E-state index contributed by atoms with van der Waals surface area (Å²) in [6.07, 6.45) is 3.83. The minimum atomic E-state index is 0.315. The topological polar surface area (TPSA) is 41.3 Å². The maximum Gasteiger partial charge on any atom is 0.168 e. The molecule has 3 nitrogen and oxygen atoms in total. The highest BCUT2D eigenvalue weighted by molar-refractivity contribution is 7.80. The van der Waals surface area contributed by atoms with E-state index in [0.29, 0.717) is 5.11 Å². The van der Waals surface area contributed by atoms with Gasteiger partial charge < -0.3 is 16.0 Å². The van der Waals surface area contributed by atoms with E-state index >= 15 is 0 Å². The average Bonchev–Trinajstić information content (AvgIpc) is 2.80. The Labute approximate surface area is 108 Å². The van der Waals surface area contributed by atoms with Gasteiger partial charge in [-0.15, -0.1) is 0 Å². The van der Waals surface area contributed by atoms with E-state index in [2.05, 4.69) is 22.3 Å². The van der Waals surface area contributed by atoms with E-state index in [1.54, 1.807) is 0 Å². The zero-order valence-corrected chi connectivity index (χ0v) is 10.8. The van der Waals surface area contributed by atoms with Crippen molar-refractivity contribution in [3.05, 3.63) is 29.8 Å². The van der Waals surface area contributed by atoms with Crippen LogP contribution in [0.2, 0.25) is 0 Å². The Morgan fingerprint density at radius 1 is 1.24 bits per heavy atom. The third kappa shape index (κ3) is 3.98. The molecule has 1 aromatic carbocycles. The smallest absolute Gasteiger partial charge is 0.168 e. The first-order valence-corrected chi connectivity index (χ1v) is 6.52. The van der Waals surface area contributed by atoms with Gasteiger partial charge in [-0.3, -0.25) is 0 Å². The van der Waals surface area contributed by atoms with Crippen LogP contribution in [0.1, 0.15) is 18.4 Å². The summed E-state index contributed by atoms with van der Waals surface area (Å²) in [5.74, 6) is 0. The van der Waals surface area contributed by atoms with Crippen LogP contribution in [-0.2, 0) is 6.42 Å². The molecular formula is C13H19N3S. The molecule has 0 saturated carbocycles. The van der Waals surface area contributed by atoms with Crippen LogP contribution in [0.3, 0.4) is 0 Å². The Hall–Kier alpha value is -1.13. The highest BCUT2D eigenvalue weighted by Gasteiger charge is 2.10. The van der Waals surface area contributed by atoms with Crippen molar-refractivity contribution in [3.63, 3.8) is 0 Å². The second kappa shape index (κ2) is 5.98. The van der Waals surface area contributed by atoms with E-state index in [-0.39, 0.29) is 0 Å². The fourth-order valence-electron chi connectivity index (χ4n) is 2.19. The van der Waals surface area contributed by atoms with Crippen molar-refractivity contribution in [2.45, 2.75) is 19.3 Å². The minimum absolute atomic E-state index is 0.315. The molecule has 0 bridgehead atoms. The van der Waals surface area contributed by atoms with Gasteiger partial charge in [0.2, 0.25) is 0 Å². The lowest BCUT2D eigenvalue weighted by atomic mass is 10.1. The van der Waals surface area contributed by atoms with Gasteiger partial charge in [0.1, 0.15) is 0 Å². The predicted octanol–water partition coefficient (Wildman–Crippen LogP) is 1.98. The van der Waals surface area contributed by atoms with Gasteiger partial charge in [0, 0.05) is 12.2 Å². The maximum absolute atomic E-state index is 5.42. The molecule has 0 aliphatic carbocycles. The zero-order chi connectivity index (χ0) is 12.1. The fourth-order valence-corrected chi connectivity index (χ4v) is 2.31. The van der Waals surface area contributed by atoms with Crippen LogP contribution in [0, 0.1) is 0 Å². The molecule has 0 spiro atoms. The summed E-state index contributed by atoms with van der Waals surface area (Å²) in [6, 6.07) is 8.32. The van der Waals surface area contributed by atoms with Crippen LogP contribution in [0.15, 0.2) is 24.3 Å². The third-order valence-corrected chi connectivity index (χ3v) is 3.24. The second-order valence-electron chi connectivity index (χ2n) is 4.48. The van der Waals surface area contributed by atoms with E-state index in [0.717, 1.165) is 12.1 Å². The summed E-state index contributed by atoms with van der Waals surface area (Å²) in [7, 11) is 0. The van der Waals surface area contributed by atoms with Gasteiger partial charge in [-0.2, -0.15) is 0 Å². The number of hydrogen-bond acceptors (Lipinski definition) is 2. The number of thiocarbonyl (C=S) groups is 1. The standard InChI is InChI=1S/C13H19N3S/c14-13(17)15-12-5-3-11(4-6-12)7-10-16-8-1-2-9-16/h3-6H,1-2,7-10H2,(H3,14,15,17). The number of hydrogen-bond donors (Lipinski definition) is 2. The molecule has 1 aliphatic rings. The number of nitrogens with zero attached hydrogens (tertiary/aromatic N) is 1. The molecule has 17 heavy (non-hydrogen) atoms. The van der Waals surface area contributed by atoms with Crippen molar-refractivity contribution in [2.75, 3.05) is 25.0 Å². The lowest BCUT2D eigenvalue weighted by Gasteiger charge is -2.14. The summed E-state index contributed by atoms with van der Waals surface area (Å²) in [6.45, 7) is 3.70. The SMILES string of the molecule is NC(=S)Nc1ccc(CCN2CCCC2)cc1. The van der Waals surface area contributed by atoms with Gasteiger partial charge in [-0.25, -0.2) is 0 Å². The van der Waals surface area contributed by atoms with Crippen LogP contribution in [0.4, 0.5) is 5.69 Å². The van der Waals surface area contributed by atoms with Crippen molar-refractivity contribution in [1.29, 1.82) is 0 Å². The van der Waals surface area contributed by atoms with Crippen LogP contribution < -0.4 is 11.1 Å². The Balaban J connectivity index is 1.82. The summed E-state index contributed by atoms with van der Waals surface area (Å²) >= 11 is 4.79. The summed E-state index contributed by atoms with van der Waals surface area (Å²) in [5.41, 5.74) is 7.74. The van der Waals surface area contributed by atoms with E-state index in [9.17, 15) is 0 Å². The Kier molecular flexibility index (Phi) is 4.34. The maximum atomic E-state index is 5.42. The zero-order valence-electron chi connectivity index (χ0n) is 9.98. The van der Waals surface area contributed by atoms with Gasteiger partial charge in [-0.05, 0) is 62.3 Å². The van der Waals surface area contributed by atoms with Crippen LogP contribution in [0.5, 0.6) is 0 Å². The molecule has 1 aromatic rings. The number of likely N-dealkylation sites (tertiary alicyclic amines) is 1. The van der Waals surface area contributed by atoms with E-state index < -0.39 is 0 Å². The molecule has 92 valence electrons. The quantitative estimate of drug-likeness (QED) is 0.801. The normalized spacial score (nSPS) is 16.0. The molecule has 1 heterocycles. The first-order chi connectivity index (χ1) is 8.24. The molecule has 0 atom stereocenters. The lowest BCUT2D eigenvalue weighted by molar-refractivity contribution is 0.343.